The van der Waals surface area contributed by atoms with Crippen molar-refractivity contribution < 1.29 is 69.0 Å². The van der Waals surface area contributed by atoms with Gasteiger partial charge in [-0.05, 0) is 64.2 Å². The highest BCUT2D eigenvalue weighted by atomic mass is 16.7. The molecule has 64 heavy (non-hydrogen) atoms. The highest BCUT2D eigenvalue weighted by Crippen LogP contribution is 2.26. The standard InChI is InChI=1S/C50H90O14/c1-3-5-7-9-11-13-15-17-18-19-20-21-22-23-25-27-29-31-33-42(52)62-39(36-59-34-32-30-28-26-24-16-14-12-10-8-6-4-2)37-60-49-48(58)46(56)44(54)41(64-49)38-61-50-47(57)45(55)43(53)40(35-51)63-50/h10,12-13,15,18-19,39-41,43-51,53-58H,3-9,11,14,16-17,20-38H2,1-2H3/b12-10-,15-13-,19-18-. The van der Waals surface area contributed by atoms with Crippen molar-refractivity contribution in [1.82, 2.24) is 0 Å². The van der Waals surface area contributed by atoms with E-state index in [4.69, 9.17) is 28.4 Å². The van der Waals surface area contributed by atoms with Crippen LogP contribution in [0.4, 0.5) is 0 Å². The van der Waals surface area contributed by atoms with Crippen molar-refractivity contribution in [2.45, 2.75) is 242 Å². The monoisotopic (exact) mass is 915 g/mol. The fraction of sp³-hybridized carbons (Fsp3) is 0.860. The van der Waals surface area contributed by atoms with E-state index < -0.39 is 80.7 Å². The molecule has 2 rings (SSSR count). The Hall–Kier alpha value is -1.79. The van der Waals surface area contributed by atoms with Crippen molar-refractivity contribution in [3.05, 3.63) is 36.5 Å². The molecular weight excluding hydrogens is 825 g/mol. The second kappa shape index (κ2) is 38.2. The summed E-state index contributed by atoms with van der Waals surface area (Å²) in [6, 6.07) is 0. The van der Waals surface area contributed by atoms with Crippen LogP contribution >= 0.6 is 0 Å². The summed E-state index contributed by atoms with van der Waals surface area (Å²) in [4.78, 5) is 13.0. The molecule has 0 radical (unpaired) electrons. The van der Waals surface area contributed by atoms with Gasteiger partial charge in [0.2, 0.25) is 0 Å². The van der Waals surface area contributed by atoms with Crippen LogP contribution in [-0.2, 0) is 33.2 Å². The maximum absolute atomic E-state index is 13.0. The Kier molecular flexibility index (Phi) is 34.8. The van der Waals surface area contributed by atoms with Gasteiger partial charge in [-0.25, -0.2) is 0 Å². The van der Waals surface area contributed by atoms with E-state index in [0.717, 1.165) is 64.2 Å². The molecule has 2 heterocycles. The first-order valence-corrected chi connectivity index (χ1v) is 25.1. The number of aliphatic hydroxyl groups excluding tert-OH is 7. The Bertz CT molecular complexity index is 1200. The molecule has 0 bridgehead atoms. The number of rotatable bonds is 39. The van der Waals surface area contributed by atoms with Crippen molar-refractivity contribution in [1.29, 1.82) is 0 Å². The second-order valence-corrected chi connectivity index (χ2v) is 17.6. The van der Waals surface area contributed by atoms with Gasteiger partial charge in [-0.1, -0.05) is 140 Å². The minimum absolute atomic E-state index is 0.0543. The van der Waals surface area contributed by atoms with Gasteiger partial charge < -0.3 is 64.2 Å². The van der Waals surface area contributed by atoms with E-state index >= 15 is 0 Å². The van der Waals surface area contributed by atoms with Gasteiger partial charge in [-0.2, -0.15) is 0 Å². The highest BCUT2D eigenvalue weighted by molar-refractivity contribution is 5.69. The van der Waals surface area contributed by atoms with Gasteiger partial charge >= 0.3 is 5.97 Å². The first-order valence-electron chi connectivity index (χ1n) is 25.1. The number of aliphatic hydroxyl groups is 7. The first kappa shape index (κ1) is 58.3. The van der Waals surface area contributed by atoms with Gasteiger partial charge in [0, 0.05) is 13.0 Å². The SMILES string of the molecule is CCCC/C=C\CCCCCCCCOCC(COC1OC(COC2OC(CO)C(O)C(O)C2O)C(O)C(O)C1O)OC(=O)CCCCCCCCC/C=C\C/C=C\CCCCCC. The molecule has 0 aromatic heterocycles. The van der Waals surface area contributed by atoms with E-state index in [9.17, 15) is 40.5 Å². The summed E-state index contributed by atoms with van der Waals surface area (Å²) in [5.74, 6) is -0.387. The maximum Gasteiger partial charge on any atom is 0.306 e. The van der Waals surface area contributed by atoms with Crippen molar-refractivity contribution in [3.8, 4) is 0 Å². The molecule has 11 unspecified atom stereocenters. The van der Waals surface area contributed by atoms with Crippen LogP contribution in [0.5, 0.6) is 0 Å². The lowest BCUT2D eigenvalue weighted by Crippen LogP contribution is -2.61. The van der Waals surface area contributed by atoms with Crippen molar-refractivity contribution in [3.63, 3.8) is 0 Å². The molecule has 14 heteroatoms. The van der Waals surface area contributed by atoms with Gasteiger partial charge in [0.15, 0.2) is 12.6 Å². The summed E-state index contributed by atoms with van der Waals surface area (Å²) in [5, 5.41) is 72.0. The van der Waals surface area contributed by atoms with E-state index in [-0.39, 0.29) is 25.6 Å². The molecule has 0 amide bonds. The number of carbonyl (C=O) groups excluding carboxylic acids is 1. The molecule has 374 valence electrons. The summed E-state index contributed by atoms with van der Waals surface area (Å²) in [6.07, 6.45) is 24.9. The molecule has 2 saturated heterocycles. The zero-order valence-corrected chi connectivity index (χ0v) is 39.5. The topological polar surface area (TPSA) is 214 Å². The fourth-order valence-corrected chi connectivity index (χ4v) is 7.71. The summed E-state index contributed by atoms with van der Waals surface area (Å²) >= 11 is 0. The molecule has 0 spiro atoms. The van der Waals surface area contributed by atoms with Crippen molar-refractivity contribution >= 4 is 5.97 Å². The molecule has 2 aliphatic heterocycles. The molecular formula is C50H90O14. The minimum atomic E-state index is -1.71. The average molecular weight is 915 g/mol. The van der Waals surface area contributed by atoms with Crippen LogP contribution in [0.1, 0.15) is 174 Å². The summed E-state index contributed by atoms with van der Waals surface area (Å²) < 4.78 is 34.2. The molecule has 0 aromatic carbocycles. The summed E-state index contributed by atoms with van der Waals surface area (Å²) in [6.45, 7) is 3.61. The zero-order valence-electron chi connectivity index (χ0n) is 39.5. The van der Waals surface area contributed by atoms with Gasteiger partial charge in [0.05, 0.1) is 26.4 Å². The molecule has 0 saturated carbocycles. The Morgan fingerprint density at radius 3 is 1.56 bits per heavy atom. The van der Waals surface area contributed by atoms with Gasteiger partial charge in [-0.3, -0.25) is 4.79 Å². The highest BCUT2D eigenvalue weighted by Gasteiger charge is 2.47. The number of hydrogen-bond acceptors (Lipinski definition) is 14. The second-order valence-electron chi connectivity index (χ2n) is 17.6. The Morgan fingerprint density at radius 2 is 0.984 bits per heavy atom. The molecule has 14 nitrogen and oxygen atoms in total. The molecule has 2 fully saturated rings. The lowest BCUT2D eigenvalue weighted by Gasteiger charge is -2.42. The van der Waals surface area contributed by atoms with Crippen LogP contribution in [0.15, 0.2) is 36.5 Å². The average Bonchev–Trinajstić information content (AvgIpc) is 3.29. The van der Waals surface area contributed by atoms with E-state index in [0.29, 0.717) is 13.0 Å². The third kappa shape index (κ3) is 25.9. The number of unbranched alkanes of at least 4 members (excludes halogenated alkanes) is 19. The maximum atomic E-state index is 13.0. The predicted octanol–water partition coefficient (Wildman–Crippen LogP) is 7.02. The number of carbonyl (C=O) groups is 1. The lowest BCUT2D eigenvalue weighted by molar-refractivity contribution is -0.332. The normalized spacial score (nSPS) is 27.0. The van der Waals surface area contributed by atoms with Gasteiger partial charge in [0.1, 0.15) is 54.9 Å². The van der Waals surface area contributed by atoms with Crippen LogP contribution in [0.25, 0.3) is 0 Å². The van der Waals surface area contributed by atoms with E-state index in [1.54, 1.807) is 0 Å². The predicted molar refractivity (Wildman–Crippen MR) is 247 cm³/mol. The van der Waals surface area contributed by atoms with Crippen LogP contribution in [0.3, 0.4) is 0 Å². The largest absolute Gasteiger partial charge is 0.457 e. The van der Waals surface area contributed by atoms with E-state index in [1.807, 2.05) is 0 Å². The Morgan fingerprint density at radius 1 is 0.516 bits per heavy atom. The fourth-order valence-electron chi connectivity index (χ4n) is 7.71. The van der Waals surface area contributed by atoms with E-state index in [1.165, 1.54) is 83.5 Å². The number of allylic oxidation sites excluding steroid dienone is 6. The Labute approximate surface area is 385 Å². The van der Waals surface area contributed by atoms with Crippen molar-refractivity contribution in [2.24, 2.45) is 0 Å². The third-order valence-corrected chi connectivity index (χ3v) is 11.9. The van der Waals surface area contributed by atoms with Gasteiger partial charge in [0.25, 0.3) is 0 Å². The molecule has 2 aliphatic rings. The third-order valence-electron chi connectivity index (χ3n) is 11.9. The molecule has 7 N–H and O–H groups in total. The van der Waals surface area contributed by atoms with Gasteiger partial charge in [-0.15, -0.1) is 0 Å². The number of esters is 1. The minimum Gasteiger partial charge on any atom is -0.457 e. The summed E-state index contributed by atoms with van der Waals surface area (Å²) in [7, 11) is 0. The van der Waals surface area contributed by atoms with Crippen LogP contribution in [-0.4, -0.2) is 142 Å². The first-order chi connectivity index (χ1) is 31.1. The zero-order chi connectivity index (χ0) is 46.6. The lowest BCUT2D eigenvalue weighted by atomic mass is 9.98. The number of hydrogen-bond donors (Lipinski definition) is 7. The molecule has 11 atom stereocenters. The molecule has 0 aromatic rings. The van der Waals surface area contributed by atoms with Crippen LogP contribution in [0, 0.1) is 0 Å². The van der Waals surface area contributed by atoms with Crippen LogP contribution < -0.4 is 0 Å². The van der Waals surface area contributed by atoms with Crippen molar-refractivity contribution in [2.75, 3.05) is 33.0 Å². The quantitative estimate of drug-likeness (QED) is 0.0188. The smallest absolute Gasteiger partial charge is 0.306 e. The van der Waals surface area contributed by atoms with Crippen LogP contribution in [0.2, 0.25) is 0 Å². The number of ether oxygens (including phenoxy) is 6. The summed E-state index contributed by atoms with van der Waals surface area (Å²) in [5.41, 5.74) is 0. The molecule has 0 aliphatic carbocycles. The van der Waals surface area contributed by atoms with E-state index in [2.05, 4.69) is 50.3 Å². The Balaban J connectivity index is 1.78.